The second-order valence-electron chi connectivity index (χ2n) is 7.54. The molecule has 0 saturated carbocycles. The van der Waals surface area contributed by atoms with Gasteiger partial charge in [-0.3, -0.25) is 0 Å². The summed E-state index contributed by atoms with van der Waals surface area (Å²) in [6.07, 6.45) is 15.9. The molecule has 0 heterocycles. The molecule has 0 aromatic heterocycles. The van der Waals surface area contributed by atoms with Crippen LogP contribution in [-0.4, -0.2) is 19.3 Å². The largest absolute Gasteiger partial charge is 0.508 e. The van der Waals surface area contributed by atoms with Crippen LogP contribution in [0.2, 0.25) is 0 Å². The molecule has 1 aromatic carbocycles. The monoisotopic (exact) mass is 398 g/mol. The van der Waals surface area contributed by atoms with Crippen molar-refractivity contribution in [3.05, 3.63) is 23.8 Å². The van der Waals surface area contributed by atoms with Crippen molar-refractivity contribution >= 4 is 10.1 Å². The standard InChI is InChI=1S/C22H38O4S/c1-3-4-5-6-7-8-9-10-11-12-13-14-15-18-27(24,25)26-22-17-16-21(23)19-20(22)2/h16-17,19,23H,3-15,18H2,1-2H3. The Bertz CT molecular complexity index is 611. The lowest BCUT2D eigenvalue weighted by molar-refractivity contribution is 0.465. The maximum Gasteiger partial charge on any atom is 0.309 e. The van der Waals surface area contributed by atoms with Crippen molar-refractivity contribution in [2.75, 3.05) is 5.75 Å². The molecule has 0 unspecified atom stereocenters. The van der Waals surface area contributed by atoms with E-state index in [-0.39, 0.29) is 11.5 Å². The van der Waals surface area contributed by atoms with E-state index in [1.165, 1.54) is 82.4 Å². The van der Waals surface area contributed by atoms with Crippen molar-refractivity contribution in [1.82, 2.24) is 0 Å². The first-order chi connectivity index (χ1) is 12.9. The van der Waals surface area contributed by atoms with Gasteiger partial charge >= 0.3 is 10.1 Å². The van der Waals surface area contributed by atoms with E-state index in [1.807, 2.05) is 0 Å². The summed E-state index contributed by atoms with van der Waals surface area (Å²) in [4.78, 5) is 0. The minimum atomic E-state index is -3.57. The first-order valence-electron chi connectivity index (χ1n) is 10.7. The number of aryl methyl sites for hydroxylation is 1. The molecule has 1 N–H and O–H groups in total. The number of benzene rings is 1. The van der Waals surface area contributed by atoms with E-state index in [1.54, 1.807) is 6.92 Å². The minimum absolute atomic E-state index is 0.0467. The van der Waals surface area contributed by atoms with Crippen molar-refractivity contribution < 1.29 is 17.7 Å². The van der Waals surface area contributed by atoms with Gasteiger partial charge in [-0.1, -0.05) is 84.0 Å². The van der Waals surface area contributed by atoms with E-state index in [0.717, 1.165) is 12.8 Å². The number of hydrogen-bond donors (Lipinski definition) is 1. The fourth-order valence-electron chi connectivity index (χ4n) is 3.20. The van der Waals surface area contributed by atoms with Crippen LogP contribution in [0, 0.1) is 6.92 Å². The number of phenols is 1. The number of rotatable bonds is 16. The van der Waals surface area contributed by atoms with Crippen molar-refractivity contribution in [2.45, 2.75) is 97.3 Å². The summed E-state index contributed by atoms with van der Waals surface area (Å²) in [5.74, 6) is 0.446. The summed E-state index contributed by atoms with van der Waals surface area (Å²) >= 11 is 0. The average Bonchev–Trinajstić information content (AvgIpc) is 2.61. The Morgan fingerprint density at radius 2 is 1.30 bits per heavy atom. The third-order valence-corrected chi connectivity index (χ3v) is 6.10. The van der Waals surface area contributed by atoms with E-state index in [0.29, 0.717) is 17.7 Å². The molecule has 1 rings (SSSR count). The predicted molar refractivity (Wildman–Crippen MR) is 113 cm³/mol. The van der Waals surface area contributed by atoms with E-state index in [9.17, 15) is 13.5 Å². The summed E-state index contributed by atoms with van der Waals surface area (Å²) in [5, 5.41) is 9.37. The second kappa shape index (κ2) is 13.9. The average molecular weight is 399 g/mol. The van der Waals surface area contributed by atoms with Crippen LogP contribution in [0.5, 0.6) is 11.5 Å². The van der Waals surface area contributed by atoms with Crippen molar-refractivity contribution in [2.24, 2.45) is 0 Å². The highest BCUT2D eigenvalue weighted by molar-refractivity contribution is 7.87. The van der Waals surface area contributed by atoms with Crippen LogP contribution in [0.15, 0.2) is 18.2 Å². The zero-order chi connectivity index (χ0) is 20.0. The lowest BCUT2D eigenvalue weighted by Crippen LogP contribution is -2.14. The van der Waals surface area contributed by atoms with Crippen molar-refractivity contribution in [1.29, 1.82) is 0 Å². The summed E-state index contributed by atoms with van der Waals surface area (Å²) in [7, 11) is -3.57. The quantitative estimate of drug-likeness (QED) is 0.255. The number of hydrogen-bond acceptors (Lipinski definition) is 4. The normalized spacial score (nSPS) is 11.6. The van der Waals surface area contributed by atoms with Gasteiger partial charge in [-0.2, -0.15) is 8.42 Å². The Morgan fingerprint density at radius 3 is 1.78 bits per heavy atom. The fourth-order valence-corrected chi connectivity index (χ4v) is 4.30. The third-order valence-electron chi connectivity index (χ3n) is 4.87. The highest BCUT2D eigenvalue weighted by Crippen LogP contribution is 2.24. The zero-order valence-electron chi connectivity index (χ0n) is 17.2. The van der Waals surface area contributed by atoms with E-state index in [2.05, 4.69) is 6.92 Å². The molecule has 0 radical (unpaired) electrons. The van der Waals surface area contributed by atoms with Gasteiger partial charge in [0.1, 0.15) is 11.5 Å². The van der Waals surface area contributed by atoms with Gasteiger partial charge in [-0.25, -0.2) is 0 Å². The van der Waals surface area contributed by atoms with Gasteiger partial charge in [0.25, 0.3) is 0 Å². The molecule has 0 atom stereocenters. The summed E-state index contributed by atoms with van der Waals surface area (Å²) in [6.45, 7) is 3.97. The van der Waals surface area contributed by atoms with Crippen LogP contribution in [-0.2, 0) is 10.1 Å². The van der Waals surface area contributed by atoms with Gasteiger partial charge in [-0.05, 0) is 37.1 Å². The summed E-state index contributed by atoms with van der Waals surface area (Å²) < 4.78 is 29.3. The van der Waals surface area contributed by atoms with Crippen molar-refractivity contribution in [3.63, 3.8) is 0 Å². The predicted octanol–water partition coefficient (Wildman–Crippen LogP) is 6.50. The van der Waals surface area contributed by atoms with Gasteiger partial charge < -0.3 is 9.29 Å². The highest BCUT2D eigenvalue weighted by Gasteiger charge is 2.14. The molecule has 4 nitrogen and oxygen atoms in total. The van der Waals surface area contributed by atoms with Crippen LogP contribution in [0.1, 0.15) is 96.0 Å². The van der Waals surface area contributed by atoms with Crippen LogP contribution >= 0.6 is 0 Å². The van der Waals surface area contributed by atoms with Crippen LogP contribution in [0.3, 0.4) is 0 Å². The Kier molecular flexibility index (Phi) is 12.2. The molecular weight excluding hydrogens is 360 g/mol. The molecule has 0 bridgehead atoms. The van der Waals surface area contributed by atoms with Gasteiger partial charge in [0.2, 0.25) is 0 Å². The van der Waals surface area contributed by atoms with Gasteiger partial charge in [-0.15, -0.1) is 0 Å². The molecule has 0 aliphatic carbocycles. The lowest BCUT2D eigenvalue weighted by atomic mass is 10.1. The lowest BCUT2D eigenvalue weighted by Gasteiger charge is -2.09. The Labute approximate surface area is 166 Å². The van der Waals surface area contributed by atoms with Gasteiger partial charge in [0.15, 0.2) is 0 Å². The first kappa shape index (κ1) is 23.8. The third kappa shape index (κ3) is 12.0. The van der Waals surface area contributed by atoms with Crippen LogP contribution in [0.4, 0.5) is 0 Å². The molecule has 0 spiro atoms. The number of aromatic hydroxyl groups is 1. The Morgan fingerprint density at radius 1 is 0.815 bits per heavy atom. The maximum atomic E-state index is 12.1. The van der Waals surface area contributed by atoms with E-state index < -0.39 is 10.1 Å². The number of phenolic OH excluding ortho intramolecular Hbond substituents is 1. The van der Waals surface area contributed by atoms with E-state index in [4.69, 9.17) is 4.18 Å². The molecule has 156 valence electrons. The molecule has 0 saturated heterocycles. The maximum absolute atomic E-state index is 12.1. The zero-order valence-corrected chi connectivity index (χ0v) is 18.0. The topological polar surface area (TPSA) is 63.6 Å². The molecule has 0 aliphatic rings. The molecule has 0 fully saturated rings. The molecular formula is C22H38O4S. The Hall–Kier alpha value is -1.23. The minimum Gasteiger partial charge on any atom is -0.508 e. The first-order valence-corrected chi connectivity index (χ1v) is 12.2. The van der Waals surface area contributed by atoms with E-state index >= 15 is 0 Å². The molecule has 1 aromatic rings. The molecule has 5 heteroatoms. The van der Waals surface area contributed by atoms with Gasteiger partial charge in [0.05, 0.1) is 5.75 Å². The van der Waals surface area contributed by atoms with Gasteiger partial charge in [0, 0.05) is 0 Å². The number of unbranched alkanes of at least 4 members (excludes halogenated alkanes) is 12. The second-order valence-corrected chi connectivity index (χ2v) is 9.23. The SMILES string of the molecule is CCCCCCCCCCCCCCCS(=O)(=O)Oc1ccc(O)cc1C. The molecule has 27 heavy (non-hydrogen) atoms. The summed E-state index contributed by atoms with van der Waals surface area (Å²) in [6, 6.07) is 4.42. The highest BCUT2D eigenvalue weighted by atomic mass is 32.2. The van der Waals surface area contributed by atoms with Crippen LogP contribution < -0.4 is 4.18 Å². The molecule has 0 amide bonds. The van der Waals surface area contributed by atoms with Crippen LogP contribution in [0.25, 0.3) is 0 Å². The Balaban J connectivity index is 2.02. The summed E-state index contributed by atoms with van der Waals surface area (Å²) in [5.41, 5.74) is 0.615. The molecule has 0 aliphatic heterocycles. The van der Waals surface area contributed by atoms with Crippen molar-refractivity contribution in [3.8, 4) is 11.5 Å². The smallest absolute Gasteiger partial charge is 0.309 e. The fraction of sp³-hybridized carbons (Fsp3) is 0.727.